The summed E-state index contributed by atoms with van der Waals surface area (Å²) in [7, 11) is 0. The van der Waals surface area contributed by atoms with Gasteiger partial charge in [0.25, 0.3) is 0 Å². The Labute approximate surface area is 64.2 Å². The Morgan fingerprint density at radius 1 is 1.50 bits per heavy atom. The van der Waals surface area contributed by atoms with Crippen LogP contribution in [0.2, 0.25) is 5.02 Å². The van der Waals surface area contributed by atoms with Gasteiger partial charge >= 0.3 is 0 Å². The highest BCUT2D eigenvalue weighted by atomic mass is 35.5. The summed E-state index contributed by atoms with van der Waals surface area (Å²) in [4.78, 5) is 0. The van der Waals surface area contributed by atoms with Crippen LogP contribution in [-0.4, -0.2) is 5.11 Å². The summed E-state index contributed by atoms with van der Waals surface area (Å²) in [6.45, 7) is 1.79. The summed E-state index contributed by atoms with van der Waals surface area (Å²) < 4.78 is 0. The van der Waals surface area contributed by atoms with Crippen LogP contribution in [0.5, 0.6) is 5.75 Å². The molecule has 0 fully saturated rings. The molecule has 3 N–H and O–H groups in total. The van der Waals surface area contributed by atoms with E-state index in [2.05, 4.69) is 0 Å². The number of benzene rings is 1. The predicted molar refractivity (Wildman–Crippen MR) is 42.3 cm³/mol. The van der Waals surface area contributed by atoms with E-state index in [0.717, 1.165) is 5.56 Å². The van der Waals surface area contributed by atoms with Gasteiger partial charge in [-0.1, -0.05) is 11.6 Å². The standard InChI is InChI=1S/C7H8ClNO/c1-4-2-5(10)3-6(8)7(4)9/h2-3,10H,9H2,1H3. The summed E-state index contributed by atoms with van der Waals surface area (Å²) in [5.74, 6) is 0.150. The zero-order chi connectivity index (χ0) is 7.72. The first-order valence-electron chi connectivity index (χ1n) is 2.86. The molecule has 54 valence electrons. The van der Waals surface area contributed by atoms with Gasteiger partial charge in [-0.05, 0) is 18.6 Å². The summed E-state index contributed by atoms with van der Waals surface area (Å²) in [5.41, 5.74) is 6.83. The SMILES string of the molecule is Cc1cc(O)cc(Cl)c1N. The molecule has 0 amide bonds. The zero-order valence-electron chi connectivity index (χ0n) is 5.56. The van der Waals surface area contributed by atoms with E-state index in [1.54, 1.807) is 13.0 Å². The summed E-state index contributed by atoms with van der Waals surface area (Å²) in [6, 6.07) is 2.99. The first kappa shape index (κ1) is 7.22. The number of phenolic OH excluding ortho intramolecular Hbond substituents is 1. The van der Waals surface area contributed by atoms with Gasteiger partial charge in [0.1, 0.15) is 5.75 Å². The van der Waals surface area contributed by atoms with Gasteiger partial charge < -0.3 is 10.8 Å². The van der Waals surface area contributed by atoms with Crippen molar-refractivity contribution in [3.05, 3.63) is 22.7 Å². The second kappa shape index (κ2) is 2.39. The topological polar surface area (TPSA) is 46.2 Å². The third-order valence-electron chi connectivity index (χ3n) is 1.32. The van der Waals surface area contributed by atoms with Crippen molar-refractivity contribution in [1.82, 2.24) is 0 Å². The number of aromatic hydroxyl groups is 1. The van der Waals surface area contributed by atoms with Crippen molar-refractivity contribution < 1.29 is 5.11 Å². The molecule has 0 bridgehead atoms. The molecule has 0 aliphatic heterocycles. The van der Waals surface area contributed by atoms with Crippen molar-refractivity contribution in [3.8, 4) is 5.75 Å². The van der Waals surface area contributed by atoms with Gasteiger partial charge in [0.05, 0.1) is 10.7 Å². The van der Waals surface area contributed by atoms with Crippen molar-refractivity contribution in [2.45, 2.75) is 6.92 Å². The van der Waals surface area contributed by atoms with Crippen LogP contribution in [0.15, 0.2) is 12.1 Å². The van der Waals surface area contributed by atoms with Crippen LogP contribution < -0.4 is 5.73 Å². The van der Waals surface area contributed by atoms with E-state index in [-0.39, 0.29) is 5.75 Å². The number of halogens is 1. The van der Waals surface area contributed by atoms with E-state index in [0.29, 0.717) is 10.7 Å². The van der Waals surface area contributed by atoms with Crippen LogP contribution in [-0.2, 0) is 0 Å². The number of hydrogen-bond donors (Lipinski definition) is 2. The van der Waals surface area contributed by atoms with Crippen molar-refractivity contribution >= 4 is 17.3 Å². The van der Waals surface area contributed by atoms with Gasteiger partial charge in [0, 0.05) is 6.07 Å². The molecule has 0 unspecified atom stereocenters. The first-order chi connectivity index (χ1) is 4.61. The van der Waals surface area contributed by atoms with E-state index >= 15 is 0 Å². The van der Waals surface area contributed by atoms with Gasteiger partial charge in [-0.2, -0.15) is 0 Å². The molecule has 0 heterocycles. The molecule has 0 spiro atoms. The number of phenols is 1. The maximum Gasteiger partial charge on any atom is 0.117 e. The maximum absolute atomic E-state index is 8.98. The Kier molecular flexibility index (Phi) is 1.72. The van der Waals surface area contributed by atoms with Gasteiger partial charge in [-0.15, -0.1) is 0 Å². The van der Waals surface area contributed by atoms with Crippen LogP contribution in [0.4, 0.5) is 5.69 Å². The molecular weight excluding hydrogens is 150 g/mol. The largest absolute Gasteiger partial charge is 0.508 e. The number of aryl methyl sites for hydroxylation is 1. The van der Waals surface area contributed by atoms with Crippen LogP contribution in [0.25, 0.3) is 0 Å². The normalized spacial score (nSPS) is 9.80. The Hall–Kier alpha value is -0.890. The first-order valence-corrected chi connectivity index (χ1v) is 3.23. The molecule has 2 nitrogen and oxygen atoms in total. The fourth-order valence-electron chi connectivity index (χ4n) is 0.737. The van der Waals surface area contributed by atoms with E-state index in [1.807, 2.05) is 0 Å². The predicted octanol–water partition coefficient (Wildman–Crippen LogP) is 1.94. The number of nitrogen functional groups attached to an aromatic ring is 1. The number of hydrogen-bond acceptors (Lipinski definition) is 2. The molecule has 0 radical (unpaired) electrons. The van der Waals surface area contributed by atoms with Gasteiger partial charge in [0.15, 0.2) is 0 Å². The molecule has 0 aliphatic rings. The number of nitrogens with two attached hydrogens (primary N) is 1. The molecule has 1 aromatic rings. The summed E-state index contributed by atoms with van der Waals surface area (Å²) in [6.07, 6.45) is 0. The Balaban J connectivity index is 3.31. The summed E-state index contributed by atoms with van der Waals surface area (Å²) in [5, 5.41) is 9.38. The minimum absolute atomic E-state index is 0.150. The lowest BCUT2D eigenvalue weighted by Gasteiger charge is -2.01. The van der Waals surface area contributed by atoms with Crippen molar-refractivity contribution in [3.63, 3.8) is 0 Å². The quantitative estimate of drug-likeness (QED) is 0.447. The van der Waals surface area contributed by atoms with Gasteiger partial charge in [-0.3, -0.25) is 0 Å². The molecule has 1 rings (SSSR count). The Morgan fingerprint density at radius 3 is 2.60 bits per heavy atom. The second-order valence-electron chi connectivity index (χ2n) is 2.16. The number of rotatable bonds is 0. The molecule has 0 atom stereocenters. The molecule has 0 saturated heterocycles. The minimum Gasteiger partial charge on any atom is -0.508 e. The molecule has 0 aromatic heterocycles. The lowest BCUT2D eigenvalue weighted by atomic mass is 10.2. The molecule has 3 heteroatoms. The Morgan fingerprint density at radius 2 is 2.10 bits per heavy atom. The second-order valence-corrected chi connectivity index (χ2v) is 2.57. The van der Waals surface area contributed by atoms with Crippen molar-refractivity contribution in [2.24, 2.45) is 0 Å². The molecule has 0 aliphatic carbocycles. The maximum atomic E-state index is 8.98. The molecular formula is C7H8ClNO. The summed E-state index contributed by atoms with van der Waals surface area (Å²) >= 11 is 5.63. The molecule has 0 saturated carbocycles. The lowest BCUT2D eigenvalue weighted by molar-refractivity contribution is 0.475. The average molecular weight is 158 g/mol. The zero-order valence-corrected chi connectivity index (χ0v) is 6.31. The van der Waals surface area contributed by atoms with Crippen LogP contribution in [0.3, 0.4) is 0 Å². The van der Waals surface area contributed by atoms with Crippen molar-refractivity contribution in [2.75, 3.05) is 5.73 Å². The third-order valence-corrected chi connectivity index (χ3v) is 1.63. The van der Waals surface area contributed by atoms with Crippen LogP contribution in [0, 0.1) is 6.92 Å². The third kappa shape index (κ3) is 1.16. The smallest absolute Gasteiger partial charge is 0.117 e. The lowest BCUT2D eigenvalue weighted by Crippen LogP contribution is -1.89. The van der Waals surface area contributed by atoms with Gasteiger partial charge in [0.2, 0.25) is 0 Å². The highest BCUT2D eigenvalue weighted by Crippen LogP contribution is 2.26. The van der Waals surface area contributed by atoms with Gasteiger partial charge in [-0.25, -0.2) is 0 Å². The monoisotopic (exact) mass is 157 g/mol. The molecule has 10 heavy (non-hydrogen) atoms. The molecule has 1 aromatic carbocycles. The fraction of sp³-hybridized carbons (Fsp3) is 0.143. The number of anilines is 1. The van der Waals surface area contributed by atoms with Crippen molar-refractivity contribution in [1.29, 1.82) is 0 Å². The highest BCUT2D eigenvalue weighted by Gasteiger charge is 2.00. The van der Waals surface area contributed by atoms with E-state index in [4.69, 9.17) is 22.4 Å². The Bertz CT molecular complexity index is 237. The minimum atomic E-state index is 0.150. The van der Waals surface area contributed by atoms with E-state index < -0.39 is 0 Å². The average Bonchev–Trinajstić information content (AvgIpc) is 1.82. The van der Waals surface area contributed by atoms with Crippen LogP contribution >= 0.6 is 11.6 Å². The van der Waals surface area contributed by atoms with E-state index in [9.17, 15) is 0 Å². The van der Waals surface area contributed by atoms with E-state index in [1.165, 1.54) is 6.07 Å². The van der Waals surface area contributed by atoms with Crippen LogP contribution in [0.1, 0.15) is 5.56 Å². The highest BCUT2D eigenvalue weighted by molar-refractivity contribution is 6.33. The fourth-order valence-corrected chi connectivity index (χ4v) is 0.998.